The van der Waals surface area contributed by atoms with Crippen molar-refractivity contribution in [2.75, 3.05) is 0 Å². The fourth-order valence-electron chi connectivity index (χ4n) is 4.36. The number of benzene rings is 2. The molecule has 2 aliphatic rings. The van der Waals surface area contributed by atoms with Gasteiger partial charge in [0.2, 0.25) is 0 Å². The average molecular weight is 298 g/mol. The second kappa shape index (κ2) is 4.18. The summed E-state index contributed by atoms with van der Waals surface area (Å²) in [6.07, 6.45) is 1.82. The van der Waals surface area contributed by atoms with Crippen molar-refractivity contribution >= 4 is 0 Å². The second-order valence-electron chi connectivity index (χ2n) is 7.79. The van der Waals surface area contributed by atoms with E-state index in [0.29, 0.717) is 5.56 Å². The van der Waals surface area contributed by atoms with E-state index in [1.54, 1.807) is 6.07 Å². The van der Waals surface area contributed by atoms with Gasteiger partial charge in [-0.3, -0.25) is 0 Å². The van der Waals surface area contributed by atoms with Crippen molar-refractivity contribution in [1.82, 2.24) is 0 Å². The van der Waals surface area contributed by atoms with Crippen molar-refractivity contribution in [3.05, 3.63) is 70.3 Å². The van der Waals surface area contributed by atoms with E-state index in [2.05, 4.69) is 39.0 Å². The summed E-state index contributed by atoms with van der Waals surface area (Å²) >= 11 is 0. The monoisotopic (exact) mass is 298 g/mol. The minimum absolute atomic E-state index is 0.0500. The minimum Gasteiger partial charge on any atom is -0.204 e. The lowest BCUT2D eigenvalue weighted by Crippen LogP contribution is -2.31. The van der Waals surface area contributed by atoms with Crippen molar-refractivity contribution in [3.8, 4) is 0 Å². The lowest BCUT2D eigenvalue weighted by Gasteiger charge is -2.41. The first kappa shape index (κ1) is 13.9. The van der Waals surface area contributed by atoms with Crippen molar-refractivity contribution in [1.29, 1.82) is 0 Å². The second-order valence-corrected chi connectivity index (χ2v) is 7.79. The van der Waals surface area contributed by atoms with Crippen LogP contribution >= 0.6 is 0 Å². The zero-order valence-electron chi connectivity index (χ0n) is 13.2. The third kappa shape index (κ3) is 1.67. The zero-order chi connectivity index (χ0) is 15.7. The number of halogens is 2. The quantitative estimate of drug-likeness (QED) is 0.599. The summed E-state index contributed by atoms with van der Waals surface area (Å²) in [4.78, 5) is 0. The van der Waals surface area contributed by atoms with E-state index in [4.69, 9.17) is 0 Å². The van der Waals surface area contributed by atoms with Crippen LogP contribution in [-0.2, 0) is 5.41 Å². The molecule has 0 heterocycles. The topological polar surface area (TPSA) is 0 Å². The molecule has 1 saturated carbocycles. The predicted octanol–water partition coefficient (Wildman–Crippen LogP) is 5.54. The SMILES string of the molecule is CC(C)(C)C1c2ccccc2C2(CC2)c2c1ccc(F)c2F. The van der Waals surface area contributed by atoms with Crippen LogP contribution in [0.2, 0.25) is 0 Å². The van der Waals surface area contributed by atoms with Gasteiger partial charge in [-0.15, -0.1) is 0 Å². The molecule has 0 amide bonds. The summed E-state index contributed by atoms with van der Waals surface area (Å²) in [6.45, 7) is 6.51. The van der Waals surface area contributed by atoms with Crippen LogP contribution < -0.4 is 0 Å². The van der Waals surface area contributed by atoms with Crippen LogP contribution in [0.15, 0.2) is 36.4 Å². The van der Waals surface area contributed by atoms with E-state index in [-0.39, 0.29) is 16.7 Å². The van der Waals surface area contributed by atoms with Crippen LogP contribution in [0.5, 0.6) is 0 Å². The standard InChI is InChI=1S/C20H20F2/c1-19(2,3)16-12-6-4-5-7-14(12)20(10-11-20)17-13(16)8-9-15(21)18(17)22/h4-9,16H,10-11H2,1-3H3. The molecule has 2 aromatic rings. The zero-order valence-corrected chi connectivity index (χ0v) is 13.2. The number of rotatable bonds is 0. The summed E-state index contributed by atoms with van der Waals surface area (Å²) in [5, 5.41) is 0. The summed E-state index contributed by atoms with van der Waals surface area (Å²) in [5.74, 6) is -1.27. The Morgan fingerprint density at radius 1 is 0.955 bits per heavy atom. The lowest BCUT2D eigenvalue weighted by molar-refractivity contribution is 0.344. The highest BCUT2D eigenvalue weighted by molar-refractivity contribution is 5.61. The van der Waals surface area contributed by atoms with E-state index < -0.39 is 11.6 Å². The maximum Gasteiger partial charge on any atom is 0.163 e. The van der Waals surface area contributed by atoms with Crippen molar-refractivity contribution in [3.63, 3.8) is 0 Å². The Morgan fingerprint density at radius 3 is 2.27 bits per heavy atom. The van der Waals surface area contributed by atoms with Gasteiger partial charge in [0.1, 0.15) is 0 Å². The van der Waals surface area contributed by atoms with Gasteiger partial charge in [-0.2, -0.15) is 0 Å². The average Bonchev–Trinajstić information content (AvgIpc) is 3.23. The summed E-state index contributed by atoms with van der Waals surface area (Å²) in [6, 6.07) is 11.4. The van der Waals surface area contributed by atoms with Gasteiger partial charge in [-0.05, 0) is 41.0 Å². The Morgan fingerprint density at radius 2 is 1.64 bits per heavy atom. The maximum atomic E-state index is 14.7. The molecule has 0 saturated heterocycles. The molecular weight excluding hydrogens is 278 g/mol. The van der Waals surface area contributed by atoms with E-state index in [9.17, 15) is 8.78 Å². The Labute approximate surface area is 130 Å². The van der Waals surface area contributed by atoms with Crippen LogP contribution in [0.4, 0.5) is 8.78 Å². The molecule has 0 aliphatic heterocycles. The van der Waals surface area contributed by atoms with Gasteiger partial charge in [0.05, 0.1) is 0 Å². The number of hydrogen-bond donors (Lipinski definition) is 0. The summed E-state index contributed by atoms with van der Waals surface area (Å²) in [7, 11) is 0. The van der Waals surface area contributed by atoms with Crippen LogP contribution in [-0.4, -0.2) is 0 Å². The Bertz CT molecular complexity index is 764. The van der Waals surface area contributed by atoms with Gasteiger partial charge in [0.25, 0.3) is 0 Å². The van der Waals surface area contributed by atoms with Crippen molar-refractivity contribution in [2.45, 2.75) is 44.9 Å². The number of fused-ring (bicyclic) bond motifs is 4. The summed E-state index contributed by atoms with van der Waals surface area (Å²) < 4.78 is 28.6. The summed E-state index contributed by atoms with van der Waals surface area (Å²) in [5.41, 5.74) is 3.73. The predicted molar refractivity (Wildman–Crippen MR) is 84.1 cm³/mol. The lowest BCUT2D eigenvalue weighted by atomic mass is 9.62. The molecule has 4 rings (SSSR count). The van der Waals surface area contributed by atoms with E-state index >= 15 is 0 Å². The first-order chi connectivity index (χ1) is 10.4. The molecule has 22 heavy (non-hydrogen) atoms. The molecule has 2 aromatic carbocycles. The molecule has 114 valence electrons. The molecular formula is C20H20F2. The van der Waals surface area contributed by atoms with E-state index in [0.717, 1.165) is 18.4 Å². The van der Waals surface area contributed by atoms with Crippen molar-refractivity contribution in [2.24, 2.45) is 5.41 Å². The highest BCUT2D eigenvalue weighted by Crippen LogP contribution is 2.63. The molecule has 1 spiro atoms. The third-order valence-electron chi connectivity index (χ3n) is 5.32. The van der Waals surface area contributed by atoms with Crippen LogP contribution in [0.3, 0.4) is 0 Å². The third-order valence-corrected chi connectivity index (χ3v) is 5.32. The molecule has 0 bridgehead atoms. The van der Waals surface area contributed by atoms with Gasteiger partial charge in [-0.25, -0.2) is 8.78 Å². The molecule has 2 aliphatic carbocycles. The molecule has 0 radical (unpaired) electrons. The van der Waals surface area contributed by atoms with Gasteiger partial charge < -0.3 is 0 Å². The van der Waals surface area contributed by atoms with Gasteiger partial charge in [-0.1, -0.05) is 51.1 Å². The van der Waals surface area contributed by atoms with E-state index in [1.807, 2.05) is 6.07 Å². The van der Waals surface area contributed by atoms with Crippen molar-refractivity contribution < 1.29 is 8.78 Å². The largest absolute Gasteiger partial charge is 0.204 e. The fraction of sp³-hybridized carbons (Fsp3) is 0.400. The molecule has 1 unspecified atom stereocenters. The molecule has 1 atom stereocenters. The molecule has 0 N–H and O–H groups in total. The van der Waals surface area contributed by atoms with Gasteiger partial charge in [0, 0.05) is 16.9 Å². The normalized spacial score (nSPS) is 21.4. The molecule has 1 fully saturated rings. The first-order valence-electron chi connectivity index (χ1n) is 7.94. The molecule has 0 nitrogen and oxygen atoms in total. The van der Waals surface area contributed by atoms with Gasteiger partial charge >= 0.3 is 0 Å². The maximum absolute atomic E-state index is 14.7. The Balaban J connectivity index is 2.09. The van der Waals surface area contributed by atoms with E-state index in [1.165, 1.54) is 17.2 Å². The molecule has 0 aromatic heterocycles. The highest BCUT2D eigenvalue weighted by atomic mass is 19.2. The Hall–Kier alpha value is -1.70. The number of hydrogen-bond acceptors (Lipinski definition) is 0. The first-order valence-corrected chi connectivity index (χ1v) is 7.94. The van der Waals surface area contributed by atoms with Gasteiger partial charge in [0.15, 0.2) is 11.6 Å². The van der Waals surface area contributed by atoms with Crippen LogP contribution in [0.1, 0.15) is 61.8 Å². The minimum atomic E-state index is -0.725. The smallest absolute Gasteiger partial charge is 0.163 e. The Kier molecular flexibility index (Phi) is 2.65. The van der Waals surface area contributed by atoms with Crippen LogP contribution in [0.25, 0.3) is 0 Å². The fourth-order valence-corrected chi connectivity index (χ4v) is 4.36. The highest BCUT2D eigenvalue weighted by Gasteiger charge is 2.55. The molecule has 2 heteroatoms. The van der Waals surface area contributed by atoms with Crippen LogP contribution in [0, 0.1) is 17.0 Å².